The molecular formula is C24H25F3N4O2S. The summed E-state index contributed by atoms with van der Waals surface area (Å²) < 4.78 is 38.8. The van der Waals surface area contributed by atoms with Gasteiger partial charge in [-0.15, -0.1) is 11.8 Å². The van der Waals surface area contributed by atoms with Gasteiger partial charge in [0.25, 0.3) is 11.8 Å². The van der Waals surface area contributed by atoms with Crippen molar-refractivity contribution in [1.29, 1.82) is 0 Å². The first-order valence-electron chi connectivity index (χ1n) is 10.0. The number of halogens is 3. The number of anilines is 2. The van der Waals surface area contributed by atoms with E-state index in [1.165, 1.54) is 30.0 Å². The molecule has 0 aliphatic carbocycles. The molecule has 34 heavy (non-hydrogen) atoms. The lowest BCUT2D eigenvalue weighted by molar-refractivity contribution is -0.137. The quantitative estimate of drug-likeness (QED) is 0.268. The third-order valence-corrected chi connectivity index (χ3v) is 5.31. The number of aryl methyl sites for hydroxylation is 1. The maximum atomic E-state index is 12.9. The van der Waals surface area contributed by atoms with E-state index in [4.69, 9.17) is 0 Å². The van der Waals surface area contributed by atoms with E-state index in [0.717, 1.165) is 17.7 Å². The van der Waals surface area contributed by atoms with Gasteiger partial charge in [0.1, 0.15) is 5.84 Å². The summed E-state index contributed by atoms with van der Waals surface area (Å²) in [4.78, 5) is 29.6. The number of aliphatic imine (C=N–C) groups is 1. The molecule has 10 heteroatoms. The van der Waals surface area contributed by atoms with Gasteiger partial charge in [0, 0.05) is 24.0 Å². The molecule has 0 bridgehead atoms. The molecule has 0 atom stereocenters. The summed E-state index contributed by atoms with van der Waals surface area (Å²) in [6, 6.07) is 8.94. The second-order valence-corrected chi connectivity index (χ2v) is 7.94. The SMILES string of the molecule is C=C(NC(=NC)/C(=C\C)C(=O)Nc1cc(NC(=O)c2cccc(C(F)(F)F)c2)ccc1C)SC. The van der Waals surface area contributed by atoms with Gasteiger partial charge in [-0.05, 0) is 56.0 Å². The first kappa shape index (κ1) is 26.7. The van der Waals surface area contributed by atoms with Gasteiger partial charge in [0.2, 0.25) is 0 Å². The number of thioether (sulfide) groups is 1. The second-order valence-electron chi connectivity index (χ2n) is 7.04. The number of hydrogen-bond acceptors (Lipinski definition) is 4. The summed E-state index contributed by atoms with van der Waals surface area (Å²) in [5.41, 5.74) is 0.685. The molecule has 3 N–H and O–H groups in total. The highest BCUT2D eigenvalue weighted by Gasteiger charge is 2.31. The van der Waals surface area contributed by atoms with Crippen LogP contribution in [0.3, 0.4) is 0 Å². The lowest BCUT2D eigenvalue weighted by Crippen LogP contribution is -2.30. The number of carbonyl (C=O) groups excluding carboxylic acids is 2. The van der Waals surface area contributed by atoms with Crippen LogP contribution in [0.5, 0.6) is 0 Å². The zero-order valence-corrected chi connectivity index (χ0v) is 19.9. The Balaban J connectivity index is 2.22. The molecule has 180 valence electrons. The Morgan fingerprint density at radius 1 is 1.12 bits per heavy atom. The van der Waals surface area contributed by atoms with E-state index in [0.29, 0.717) is 22.2 Å². The number of amides is 2. The van der Waals surface area contributed by atoms with Crippen LogP contribution in [0.15, 0.2) is 70.7 Å². The van der Waals surface area contributed by atoms with Gasteiger partial charge >= 0.3 is 6.18 Å². The van der Waals surface area contributed by atoms with Crippen molar-refractivity contribution >= 4 is 40.8 Å². The Labute approximate surface area is 200 Å². The molecule has 0 fully saturated rings. The summed E-state index contributed by atoms with van der Waals surface area (Å²) in [6.07, 6.45) is -1.12. The predicted octanol–water partition coefficient (Wildman–Crippen LogP) is 5.60. The van der Waals surface area contributed by atoms with Crippen LogP contribution in [0.2, 0.25) is 0 Å². The average molecular weight is 491 g/mol. The third kappa shape index (κ3) is 6.98. The summed E-state index contributed by atoms with van der Waals surface area (Å²) >= 11 is 1.37. The van der Waals surface area contributed by atoms with Gasteiger partial charge < -0.3 is 16.0 Å². The van der Waals surface area contributed by atoms with Crippen molar-refractivity contribution in [3.8, 4) is 0 Å². The van der Waals surface area contributed by atoms with Gasteiger partial charge in [0.15, 0.2) is 0 Å². The van der Waals surface area contributed by atoms with Crippen molar-refractivity contribution in [3.63, 3.8) is 0 Å². The molecule has 0 saturated carbocycles. The zero-order chi connectivity index (χ0) is 25.5. The van der Waals surface area contributed by atoms with Crippen molar-refractivity contribution in [1.82, 2.24) is 5.32 Å². The lowest BCUT2D eigenvalue weighted by Gasteiger charge is -2.15. The topological polar surface area (TPSA) is 82.6 Å². The highest BCUT2D eigenvalue weighted by Crippen LogP contribution is 2.30. The number of nitrogens with one attached hydrogen (secondary N) is 3. The number of carbonyl (C=O) groups is 2. The average Bonchev–Trinajstić information content (AvgIpc) is 2.80. The Kier molecular flexibility index (Phi) is 9.08. The van der Waals surface area contributed by atoms with Crippen LogP contribution in [0.25, 0.3) is 0 Å². The molecular weight excluding hydrogens is 465 g/mol. The fourth-order valence-electron chi connectivity index (χ4n) is 2.87. The number of rotatable bonds is 7. The van der Waals surface area contributed by atoms with E-state index < -0.39 is 23.6 Å². The van der Waals surface area contributed by atoms with Crippen molar-refractivity contribution in [2.24, 2.45) is 4.99 Å². The molecule has 0 heterocycles. The van der Waals surface area contributed by atoms with E-state index >= 15 is 0 Å². The third-order valence-electron chi connectivity index (χ3n) is 4.71. The van der Waals surface area contributed by atoms with Gasteiger partial charge in [0.05, 0.1) is 16.2 Å². The summed E-state index contributed by atoms with van der Waals surface area (Å²) in [6.45, 7) is 7.29. The first-order chi connectivity index (χ1) is 16.0. The molecule has 0 saturated heterocycles. The molecule has 2 amide bonds. The summed E-state index contributed by atoms with van der Waals surface area (Å²) in [5.74, 6) is -0.804. The Hall–Kier alpha value is -3.53. The van der Waals surface area contributed by atoms with E-state index in [-0.39, 0.29) is 11.1 Å². The van der Waals surface area contributed by atoms with E-state index in [9.17, 15) is 22.8 Å². The number of nitrogens with zero attached hydrogens (tertiary/aromatic N) is 1. The van der Waals surface area contributed by atoms with Gasteiger partial charge in [-0.3, -0.25) is 14.6 Å². The lowest BCUT2D eigenvalue weighted by atomic mass is 10.1. The number of alkyl halides is 3. The normalized spacial score (nSPS) is 12.2. The number of hydrogen-bond donors (Lipinski definition) is 3. The maximum absolute atomic E-state index is 12.9. The van der Waals surface area contributed by atoms with Crippen molar-refractivity contribution in [3.05, 3.63) is 82.4 Å². The van der Waals surface area contributed by atoms with Gasteiger partial charge in [-0.25, -0.2) is 0 Å². The second kappa shape index (κ2) is 11.6. The standard InChI is InChI=1S/C24H25F3N4O2S/c1-6-19(21(28-4)29-15(3)34-5)23(33)31-20-13-18(11-10-14(20)2)30-22(32)16-8-7-9-17(12-16)24(25,26)27/h6-13H,3H2,1-2,4-5H3,(H,28,29)(H,30,32)(H,31,33)/b19-6+. The molecule has 0 radical (unpaired) electrons. The number of amidine groups is 1. The molecule has 2 aromatic rings. The van der Waals surface area contributed by atoms with Crippen LogP contribution in [0.1, 0.15) is 28.4 Å². The molecule has 0 aliphatic heterocycles. The number of benzene rings is 2. The smallest absolute Gasteiger partial charge is 0.335 e. The van der Waals surface area contributed by atoms with Crippen LogP contribution in [-0.2, 0) is 11.0 Å². The van der Waals surface area contributed by atoms with Crippen LogP contribution >= 0.6 is 11.8 Å². The molecule has 6 nitrogen and oxygen atoms in total. The van der Waals surface area contributed by atoms with Crippen LogP contribution in [-0.4, -0.2) is 31.0 Å². The maximum Gasteiger partial charge on any atom is 0.416 e. The van der Waals surface area contributed by atoms with Gasteiger partial charge in [-0.2, -0.15) is 13.2 Å². The fourth-order valence-corrected chi connectivity index (χ4v) is 3.06. The van der Waals surface area contributed by atoms with Crippen molar-refractivity contribution in [2.45, 2.75) is 20.0 Å². The zero-order valence-electron chi connectivity index (χ0n) is 19.1. The highest BCUT2D eigenvalue weighted by molar-refractivity contribution is 8.02. The largest absolute Gasteiger partial charge is 0.416 e. The Bertz CT molecular complexity index is 1160. The Morgan fingerprint density at radius 3 is 2.41 bits per heavy atom. The minimum Gasteiger partial charge on any atom is -0.335 e. The predicted molar refractivity (Wildman–Crippen MR) is 132 cm³/mol. The van der Waals surface area contributed by atoms with Gasteiger partial charge in [-0.1, -0.05) is 24.8 Å². The molecule has 0 unspecified atom stereocenters. The van der Waals surface area contributed by atoms with Crippen molar-refractivity contribution < 1.29 is 22.8 Å². The summed E-state index contributed by atoms with van der Waals surface area (Å²) in [5, 5.41) is 8.94. The first-order valence-corrected chi connectivity index (χ1v) is 11.3. The molecule has 2 aromatic carbocycles. The fraction of sp³-hybridized carbons (Fsp3) is 0.208. The molecule has 2 rings (SSSR count). The number of allylic oxidation sites excluding steroid dienone is 1. The minimum absolute atomic E-state index is 0.138. The van der Waals surface area contributed by atoms with E-state index in [1.54, 1.807) is 39.1 Å². The van der Waals surface area contributed by atoms with E-state index in [1.807, 2.05) is 6.26 Å². The minimum atomic E-state index is -4.56. The Morgan fingerprint density at radius 2 is 1.82 bits per heavy atom. The van der Waals surface area contributed by atoms with Crippen LogP contribution in [0, 0.1) is 6.92 Å². The van der Waals surface area contributed by atoms with Crippen LogP contribution in [0.4, 0.5) is 24.5 Å². The summed E-state index contributed by atoms with van der Waals surface area (Å²) in [7, 11) is 1.54. The monoisotopic (exact) mass is 490 g/mol. The molecule has 0 aromatic heterocycles. The van der Waals surface area contributed by atoms with Crippen LogP contribution < -0.4 is 16.0 Å². The molecule has 0 spiro atoms. The van der Waals surface area contributed by atoms with E-state index in [2.05, 4.69) is 27.5 Å². The molecule has 0 aliphatic rings. The van der Waals surface area contributed by atoms with Crippen molar-refractivity contribution in [2.75, 3.05) is 23.9 Å². The highest BCUT2D eigenvalue weighted by atomic mass is 32.2.